The van der Waals surface area contributed by atoms with Crippen molar-refractivity contribution in [3.8, 4) is 0 Å². The summed E-state index contributed by atoms with van der Waals surface area (Å²) in [5.41, 5.74) is 3.61. The molecule has 0 atom stereocenters. The van der Waals surface area contributed by atoms with Crippen molar-refractivity contribution in [3.05, 3.63) is 28.9 Å². The van der Waals surface area contributed by atoms with Crippen LogP contribution in [0.3, 0.4) is 0 Å². The average molecular weight is 346 g/mol. The Labute approximate surface area is 147 Å². The molecule has 25 heavy (non-hydrogen) atoms. The number of carbonyl (C=O) groups excluding carboxylic acids is 1. The second-order valence-electron chi connectivity index (χ2n) is 6.70. The first kappa shape index (κ1) is 17.6. The van der Waals surface area contributed by atoms with E-state index in [0.717, 1.165) is 61.3 Å². The van der Waals surface area contributed by atoms with E-state index in [1.807, 2.05) is 33.9 Å². The maximum absolute atomic E-state index is 12.3. The molecule has 1 fully saturated rings. The average Bonchev–Trinajstić information content (AvgIpc) is 3.07. The molecular weight excluding hydrogens is 320 g/mol. The lowest BCUT2D eigenvalue weighted by atomic mass is 10.2. The van der Waals surface area contributed by atoms with E-state index in [4.69, 9.17) is 4.52 Å². The van der Waals surface area contributed by atoms with Crippen LogP contribution in [0.5, 0.6) is 0 Å². The Morgan fingerprint density at radius 2 is 1.88 bits per heavy atom. The molecule has 3 heterocycles. The molecule has 1 N–H and O–H groups in total. The van der Waals surface area contributed by atoms with Crippen LogP contribution >= 0.6 is 0 Å². The Balaban J connectivity index is 1.46. The maximum Gasteiger partial charge on any atom is 0.238 e. The van der Waals surface area contributed by atoms with Crippen molar-refractivity contribution in [2.45, 2.75) is 27.3 Å². The molecule has 8 nitrogen and oxygen atoms in total. The number of aryl methyl sites for hydroxylation is 3. The van der Waals surface area contributed by atoms with Crippen LogP contribution in [0.15, 0.2) is 10.6 Å². The van der Waals surface area contributed by atoms with E-state index in [2.05, 4.69) is 25.4 Å². The molecule has 8 heteroatoms. The Morgan fingerprint density at radius 1 is 1.20 bits per heavy atom. The van der Waals surface area contributed by atoms with E-state index in [1.165, 1.54) is 0 Å². The van der Waals surface area contributed by atoms with Gasteiger partial charge in [0, 0.05) is 45.8 Å². The highest BCUT2D eigenvalue weighted by Gasteiger charge is 2.21. The molecule has 1 amide bonds. The Bertz CT molecular complexity index is 742. The standard InChI is InChI=1S/C17H26N6O2/c1-12-9-15(20-25-12)10-22-5-7-23(8-6-22)11-16(24)18-17-13(2)19-21(4)14(17)3/h9H,5-8,10-11H2,1-4H3,(H,18,24). The van der Waals surface area contributed by atoms with E-state index in [1.54, 1.807) is 4.68 Å². The second kappa shape index (κ2) is 7.37. The van der Waals surface area contributed by atoms with E-state index >= 15 is 0 Å². The summed E-state index contributed by atoms with van der Waals surface area (Å²) in [4.78, 5) is 16.9. The van der Waals surface area contributed by atoms with Gasteiger partial charge in [0.25, 0.3) is 0 Å². The molecule has 0 aliphatic carbocycles. The van der Waals surface area contributed by atoms with Gasteiger partial charge >= 0.3 is 0 Å². The minimum atomic E-state index is 0.0137. The Hall–Kier alpha value is -2.19. The van der Waals surface area contributed by atoms with Crippen LogP contribution in [0.4, 0.5) is 5.69 Å². The number of anilines is 1. The van der Waals surface area contributed by atoms with E-state index in [0.29, 0.717) is 6.54 Å². The molecule has 2 aromatic rings. The molecule has 3 rings (SSSR count). The van der Waals surface area contributed by atoms with Gasteiger partial charge in [-0.05, 0) is 20.8 Å². The summed E-state index contributed by atoms with van der Waals surface area (Å²) in [6, 6.07) is 1.97. The van der Waals surface area contributed by atoms with Crippen LogP contribution in [0.2, 0.25) is 0 Å². The summed E-state index contributed by atoms with van der Waals surface area (Å²) < 4.78 is 6.90. The highest BCUT2D eigenvalue weighted by Crippen LogP contribution is 2.18. The largest absolute Gasteiger partial charge is 0.361 e. The lowest BCUT2D eigenvalue weighted by Crippen LogP contribution is -2.48. The third-order valence-electron chi connectivity index (χ3n) is 4.67. The minimum absolute atomic E-state index is 0.0137. The Kier molecular flexibility index (Phi) is 5.19. The molecule has 136 valence electrons. The molecule has 1 saturated heterocycles. The topological polar surface area (TPSA) is 79.4 Å². The van der Waals surface area contributed by atoms with E-state index in [-0.39, 0.29) is 5.91 Å². The van der Waals surface area contributed by atoms with Crippen molar-refractivity contribution in [1.82, 2.24) is 24.7 Å². The van der Waals surface area contributed by atoms with Gasteiger partial charge in [0.2, 0.25) is 5.91 Å². The monoisotopic (exact) mass is 346 g/mol. The SMILES string of the molecule is Cc1cc(CN2CCN(CC(=O)Nc3c(C)nn(C)c3C)CC2)no1. The first-order valence-electron chi connectivity index (χ1n) is 8.59. The lowest BCUT2D eigenvalue weighted by molar-refractivity contribution is -0.117. The zero-order valence-corrected chi connectivity index (χ0v) is 15.4. The van der Waals surface area contributed by atoms with Crippen LogP contribution in [0.1, 0.15) is 22.8 Å². The predicted molar refractivity (Wildman–Crippen MR) is 94.3 cm³/mol. The van der Waals surface area contributed by atoms with Crippen molar-refractivity contribution in [2.24, 2.45) is 7.05 Å². The molecule has 0 bridgehead atoms. The van der Waals surface area contributed by atoms with Gasteiger partial charge in [0.1, 0.15) is 5.76 Å². The summed E-state index contributed by atoms with van der Waals surface area (Å²) in [7, 11) is 1.88. The molecule has 0 unspecified atom stereocenters. The van der Waals surface area contributed by atoms with Crippen molar-refractivity contribution in [2.75, 3.05) is 38.0 Å². The van der Waals surface area contributed by atoms with Crippen molar-refractivity contribution in [1.29, 1.82) is 0 Å². The molecule has 0 aromatic carbocycles. The first-order valence-corrected chi connectivity index (χ1v) is 8.59. The number of nitrogens with zero attached hydrogens (tertiary/aromatic N) is 5. The van der Waals surface area contributed by atoms with Crippen LogP contribution in [-0.4, -0.2) is 63.4 Å². The fraction of sp³-hybridized carbons (Fsp3) is 0.588. The summed E-state index contributed by atoms with van der Waals surface area (Å²) in [5.74, 6) is 0.853. The number of carbonyl (C=O) groups is 1. The summed E-state index contributed by atoms with van der Waals surface area (Å²) in [5, 5.41) is 11.4. The number of rotatable bonds is 5. The summed E-state index contributed by atoms with van der Waals surface area (Å²) in [6.45, 7) is 10.6. The molecule has 1 aliphatic rings. The van der Waals surface area contributed by atoms with Gasteiger partial charge in [-0.25, -0.2) is 0 Å². The number of aromatic nitrogens is 3. The lowest BCUT2D eigenvalue weighted by Gasteiger charge is -2.33. The minimum Gasteiger partial charge on any atom is -0.361 e. The van der Waals surface area contributed by atoms with E-state index in [9.17, 15) is 4.79 Å². The Morgan fingerprint density at radius 3 is 2.44 bits per heavy atom. The molecule has 2 aromatic heterocycles. The van der Waals surface area contributed by atoms with Gasteiger partial charge in [0.15, 0.2) is 0 Å². The third kappa shape index (κ3) is 4.26. The second-order valence-corrected chi connectivity index (χ2v) is 6.70. The van der Waals surface area contributed by atoms with Crippen molar-refractivity contribution >= 4 is 11.6 Å². The van der Waals surface area contributed by atoms with Gasteiger partial charge in [-0.1, -0.05) is 5.16 Å². The fourth-order valence-electron chi connectivity index (χ4n) is 3.16. The number of hydrogen-bond donors (Lipinski definition) is 1. The number of amides is 1. The summed E-state index contributed by atoms with van der Waals surface area (Å²) in [6.07, 6.45) is 0. The van der Waals surface area contributed by atoms with Gasteiger partial charge in [-0.2, -0.15) is 5.10 Å². The van der Waals surface area contributed by atoms with Crippen molar-refractivity contribution in [3.63, 3.8) is 0 Å². The zero-order chi connectivity index (χ0) is 18.0. The van der Waals surface area contributed by atoms with Gasteiger partial charge in [-0.15, -0.1) is 0 Å². The maximum atomic E-state index is 12.3. The molecular formula is C17H26N6O2. The quantitative estimate of drug-likeness (QED) is 0.873. The molecule has 1 aliphatic heterocycles. The summed E-state index contributed by atoms with van der Waals surface area (Å²) >= 11 is 0. The van der Waals surface area contributed by atoms with Gasteiger partial charge in [-0.3, -0.25) is 19.3 Å². The highest BCUT2D eigenvalue weighted by atomic mass is 16.5. The third-order valence-corrected chi connectivity index (χ3v) is 4.67. The first-order chi connectivity index (χ1) is 11.9. The fourth-order valence-corrected chi connectivity index (χ4v) is 3.16. The van der Waals surface area contributed by atoms with Gasteiger partial charge < -0.3 is 9.84 Å². The number of hydrogen-bond acceptors (Lipinski definition) is 6. The van der Waals surface area contributed by atoms with E-state index < -0.39 is 0 Å². The normalized spacial score (nSPS) is 16.3. The molecule has 0 radical (unpaired) electrons. The predicted octanol–water partition coefficient (Wildman–Crippen LogP) is 1.09. The van der Waals surface area contributed by atoms with Crippen LogP contribution < -0.4 is 5.32 Å². The molecule has 0 spiro atoms. The van der Waals surface area contributed by atoms with Crippen LogP contribution in [-0.2, 0) is 18.4 Å². The highest BCUT2D eigenvalue weighted by molar-refractivity contribution is 5.93. The van der Waals surface area contributed by atoms with Crippen molar-refractivity contribution < 1.29 is 9.32 Å². The van der Waals surface area contributed by atoms with Crippen LogP contribution in [0.25, 0.3) is 0 Å². The number of piperazine rings is 1. The smallest absolute Gasteiger partial charge is 0.238 e. The van der Waals surface area contributed by atoms with Crippen LogP contribution in [0, 0.1) is 20.8 Å². The number of nitrogens with one attached hydrogen (secondary N) is 1. The zero-order valence-electron chi connectivity index (χ0n) is 15.4. The molecule has 0 saturated carbocycles. The van der Waals surface area contributed by atoms with Gasteiger partial charge in [0.05, 0.1) is 29.3 Å².